The van der Waals surface area contributed by atoms with Crippen LogP contribution in [0.15, 0.2) is 16.6 Å². The van der Waals surface area contributed by atoms with Gasteiger partial charge in [0, 0.05) is 13.1 Å². The molecule has 1 atom stereocenters. The first-order chi connectivity index (χ1) is 10.1. The molecule has 5 nitrogen and oxygen atoms in total. The molecule has 0 fully saturated rings. The molecule has 1 aliphatic rings. The number of benzene rings is 1. The summed E-state index contributed by atoms with van der Waals surface area (Å²) in [6, 6.07) is 3.70. The molecule has 1 unspecified atom stereocenters. The van der Waals surface area contributed by atoms with Crippen molar-refractivity contribution in [2.75, 3.05) is 19.8 Å². The number of fused-ring (bicyclic) bond motifs is 1. The zero-order valence-electron chi connectivity index (χ0n) is 12.4. The summed E-state index contributed by atoms with van der Waals surface area (Å²) in [6.07, 6.45) is 0.938. The van der Waals surface area contributed by atoms with Gasteiger partial charge in [0.15, 0.2) is 11.5 Å². The molecular weight excluding hydrogens is 336 g/mol. The minimum Gasteiger partial charge on any atom is -0.486 e. The maximum absolute atomic E-state index is 11.8. The summed E-state index contributed by atoms with van der Waals surface area (Å²) >= 11 is 3.49. The molecule has 0 radical (unpaired) electrons. The first kappa shape index (κ1) is 16.1. The predicted octanol–water partition coefficient (Wildman–Crippen LogP) is 2.22. The van der Waals surface area contributed by atoms with Gasteiger partial charge in [0.1, 0.15) is 13.2 Å². The molecule has 21 heavy (non-hydrogen) atoms. The molecule has 0 spiro atoms. The number of carbonyl (C=O) groups excluding carboxylic acids is 1. The van der Waals surface area contributed by atoms with Crippen LogP contribution in [-0.4, -0.2) is 31.7 Å². The Morgan fingerprint density at radius 2 is 2.14 bits per heavy atom. The van der Waals surface area contributed by atoms with Crippen LogP contribution in [0, 0.1) is 0 Å². The average Bonchev–Trinajstić information content (AvgIpc) is 2.50. The summed E-state index contributed by atoms with van der Waals surface area (Å²) in [5, 5.41) is 6.09. The van der Waals surface area contributed by atoms with Gasteiger partial charge in [0.05, 0.1) is 10.5 Å². The van der Waals surface area contributed by atoms with E-state index in [4.69, 9.17) is 9.47 Å². The summed E-state index contributed by atoms with van der Waals surface area (Å²) < 4.78 is 12.0. The summed E-state index contributed by atoms with van der Waals surface area (Å²) in [7, 11) is 0. The van der Waals surface area contributed by atoms with Crippen LogP contribution in [0.4, 0.5) is 0 Å². The Balaban J connectivity index is 1.94. The second-order valence-corrected chi connectivity index (χ2v) is 5.85. The van der Waals surface area contributed by atoms with Gasteiger partial charge in [-0.3, -0.25) is 4.79 Å². The van der Waals surface area contributed by atoms with Gasteiger partial charge in [-0.2, -0.15) is 0 Å². The molecule has 0 aromatic heterocycles. The predicted molar refractivity (Wildman–Crippen MR) is 84.7 cm³/mol. The monoisotopic (exact) mass is 356 g/mol. The van der Waals surface area contributed by atoms with Gasteiger partial charge in [0.25, 0.3) is 0 Å². The van der Waals surface area contributed by atoms with Crippen LogP contribution in [0.1, 0.15) is 25.8 Å². The van der Waals surface area contributed by atoms with Crippen LogP contribution >= 0.6 is 15.9 Å². The van der Waals surface area contributed by atoms with E-state index in [2.05, 4.69) is 26.6 Å². The number of halogens is 1. The molecule has 2 N–H and O–H groups in total. The van der Waals surface area contributed by atoms with Crippen LogP contribution in [0.2, 0.25) is 0 Å². The van der Waals surface area contributed by atoms with Crippen molar-refractivity contribution in [3.63, 3.8) is 0 Å². The van der Waals surface area contributed by atoms with Crippen molar-refractivity contribution in [3.8, 4) is 11.5 Å². The van der Waals surface area contributed by atoms with Gasteiger partial charge in [-0.15, -0.1) is 0 Å². The fourth-order valence-electron chi connectivity index (χ4n) is 2.03. The molecule has 0 bridgehead atoms. The molecule has 1 aliphatic heterocycles. The lowest BCUT2D eigenvalue weighted by Gasteiger charge is -2.21. The van der Waals surface area contributed by atoms with Crippen molar-refractivity contribution in [2.24, 2.45) is 0 Å². The van der Waals surface area contributed by atoms with E-state index in [1.165, 1.54) is 0 Å². The van der Waals surface area contributed by atoms with Gasteiger partial charge < -0.3 is 20.1 Å². The molecule has 1 aromatic carbocycles. The van der Waals surface area contributed by atoms with Crippen LogP contribution in [0.25, 0.3) is 0 Å². The Hall–Kier alpha value is -1.27. The van der Waals surface area contributed by atoms with Crippen molar-refractivity contribution in [1.29, 1.82) is 0 Å². The molecule has 2 rings (SSSR count). The fraction of sp³-hybridized carbons (Fsp3) is 0.533. The summed E-state index contributed by atoms with van der Waals surface area (Å²) in [6.45, 7) is 6.32. The lowest BCUT2D eigenvalue weighted by atomic mass is 10.1. The molecule has 0 aliphatic carbocycles. The van der Waals surface area contributed by atoms with E-state index in [0.717, 1.165) is 28.0 Å². The Morgan fingerprint density at radius 3 is 2.90 bits per heavy atom. The molecular formula is C15H21BrN2O3. The Labute approximate surface area is 133 Å². The molecule has 0 saturated heterocycles. The first-order valence-corrected chi connectivity index (χ1v) is 8.00. The van der Waals surface area contributed by atoms with Crippen molar-refractivity contribution < 1.29 is 14.3 Å². The largest absolute Gasteiger partial charge is 0.486 e. The van der Waals surface area contributed by atoms with E-state index in [1.807, 2.05) is 26.0 Å². The summed E-state index contributed by atoms with van der Waals surface area (Å²) in [5.41, 5.74) is 1.04. The van der Waals surface area contributed by atoms with Gasteiger partial charge in [-0.1, -0.05) is 6.92 Å². The lowest BCUT2D eigenvalue weighted by Crippen LogP contribution is -2.42. The third kappa shape index (κ3) is 4.35. The minimum atomic E-state index is -0.233. The van der Waals surface area contributed by atoms with Gasteiger partial charge in [-0.05, 0) is 47.0 Å². The zero-order valence-corrected chi connectivity index (χ0v) is 14.0. The van der Waals surface area contributed by atoms with E-state index in [0.29, 0.717) is 26.3 Å². The highest BCUT2D eigenvalue weighted by atomic mass is 79.9. The molecule has 116 valence electrons. The SMILES string of the molecule is CCCNC(=O)C(C)NCc1cc(Br)c2c(c1)OCCO2. The molecule has 0 saturated carbocycles. The summed E-state index contributed by atoms with van der Waals surface area (Å²) in [5.74, 6) is 1.52. The van der Waals surface area contributed by atoms with E-state index in [9.17, 15) is 4.79 Å². The number of amides is 1. The van der Waals surface area contributed by atoms with Crippen molar-refractivity contribution in [1.82, 2.24) is 10.6 Å². The van der Waals surface area contributed by atoms with Gasteiger partial charge in [-0.25, -0.2) is 0 Å². The topological polar surface area (TPSA) is 59.6 Å². The molecule has 1 aromatic rings. The molecule has 1 heterocycles. The Morgan fingerprint density at radius 1 is 1.38 bits per heavy atom. The van der Waals surface area contributed by atoms with E-state index < -0.39 is 0 Å². The standard InChI is InChI=1S/C15H21BrN2O3/c1-3-4-17-15(19)10(2)18-9-11-7-12(16)14-13(8-11)20-5-6-21-14/h7-8,10,18H,3-6,9H2,1-2H3,(H,17,19). The number of rotatable bonds is 6. The lowest BCUT2D eigenvalue weighted by molar-refractivity contribution is -0.122. The van der Waals surface area contributed by atoms with Crippen LogP contribution in [0.3, 0.4) is 0 Å². The maximum atomic E-state index is 11.8. The van der Waals surface area contributed by atoms with Crippen molar-refractivity contribution >= 4 is 21.8 Å². The van der Waals surface area contributed by atoms with E-state index >= 15 is 0 Å². The second kappa shape index (κ2) is 7.66. The zero-order chi connectivity index (χ0) is 15.2. The average molecular weight is 357 g/mol. The van der Waals surface area contributed by atoms with Gasteiger partial charge >= 0.3 is 0 Å². The Kier molecular flexibility index (Phi) is 5.87. The highest BCUT2D eigenvalue weighted by molar-refractivity contribution is 9.10. The van der Waals surface area contributed by atoms with Crippen LogP contribution in [-0.2, 0) is 11.3 Å². The van der Waals surface area contributed by atoms with E-state index in [-0.39, 0.29) is 11.9 Å². The maximum Gasteiger partial charge on any atom is 0.236 e. The number of carbonyl (C=O) groups is 1. The van der Waals surface area contributed by atoms with Gasteiger partial charge in [0.2, 0.25) is 5.91 Å². The third-order valence-electron chi connectivity index (χ3n) is 3.21. The number of nitrogens with one attached hydrogen (secondary N) is 2. The van der Waals surface area contributed by atoms with Crippen molar-refractivity contribution in [3.05, 3.63) is 22.2 Å². The first-order valence-electron chi connectivity index (χ1n) is 7.21. The molecule has 6 heteroatoms. The Bertz CT molecular complexity index is 508. The van der Waals surface area contributed by atoms with E-state index in [1.54, 1.807) is 0 Å². The molecule has 1 amide bonds. The number of hydrogen-bond acceptors (Lipinski definition) is 4. The highest BCUT2D eigenvalue weighted by Crippen LogP contribution is 2.38. The minimum absolute atomic E-state index is 0.0217. The third-order valence-corrected chi connectivity index (χ3v) is 3.80. The smallest absolute Gasteiger partial charge is 0.236 e. The normalized spacial score (nSPS) is 14.6. The number of ether oxygens (including phenoxy) is 2. The fourth-order valence-corrected chi connectivity index (χ4v) is 2.64. The van der Waals surface area contributed by atoms with Crippen LogP contribution < -0.4 is 20.1 Å². The van der Waals surface area contributed by atoms with Crippen LogP contribution in [0.5, 0.6) is 11.5 Å². The quantitative estimate of drug-likeness (QED) is 0.820. The number of hydrogen-bond donors (Lipinski definition) is 2. The highest BCUT2D eigenvalue weighted by Gasteiger charge is 2.17. The second-order valence-electron chi connectivity index (χ2n) is 5.00. The summed E-state index contributed by atoms with van der Waals surface area (Å²) in [4.78, 5) is 11.8. The van der Waals surface area contributed by atoms with Crippen molar-refractivity contribution in [2.45, 2.75) is 32.9 Å².